The molecule has 0 aliphatic carbocycles. The molecule has 0 bridgehead atoms. The van der Waals surface area contributed by atoms with E-state index < -0.39 is 22.1 Å². The van der Waals surface area contributed by atoms with Crippen molar-refractivity contribution in [2.75, 3.05) is 0 Å². The smallest absolute Gasteiger partial charge is 0.255 e. The third-order valence-electron chi connectivity index (χ3n) is 1.61. The highest BCUT2D eigenvalue weighted by Gasteiger charge is 2.16. The molecule has 0 aromatic carbocycles. The van der Waals surface area contributed by atoms with Crippen molar-refractivity contribution in [1.82, 2.24) is 4.98 Å². The minimum Gasteiger partial charge on any atom is -0.255 e. The van der Waals surface area contributed by atoms with Crippen LogP contribution in [0.1, 0.15) is 17.7 Å². The van der Waals surface area contributed by atoms with Crippen molar-refractivity contribution >= 4 is 10.0 Å². The van der Waals surface area contributed by atoms with Gasteiger partial charge in [-0.05, 0) is 18.6 Å². The summed E-state index contributed by atoms with van der Waals surface area (Å²) in [7, 11) is -3.96. The number of alkyl halides is 2. The second-order valence-corrected chi connectivity index (χ2v) is 4.25. The minimum absolute atomic E-state index is 0.247. The summed E-state index contributed by atoms with van der Waals surface area (Å²) >= 11 is 0. The van der Waals surface area contributed by atoms with Crippen LogP contribution in [0.4, 0.5) is 8.78 Å². The van der Waals surface area contributed by atoms with E-state index in [1.54, 1.807) is 0 Å². The van der Waals surface area contributed by atoms with Crippen LogP contribution >= 0.6 is 0 Å². The van der Waals surface area contributed by atoms with Gasteiger partial charge < -0.3 is 0 Å². The molecule has 0 atom stereocenters. The zero-order valence-corrected chi connectivity index (χ0v) is 8.05. The van der Waals surface area contributed by atoms with Gasteiger partial charge in [0, 0.05) is 6.20 Å². The molecule has 0 spiro atoms. The van der Waals surface area contributed by atoms with Crippen molar-refractivity contribution in [3.8, 4) is 0 Å². The van der Waals surface area contributed by atoms with Crippen LogP contribution in [0.25, 0.3) is 0 Å². The molecule has 0 saturated heterocycles. The fourth-order valence-corrected chi connectivity index (χ4v) is 1.73. The van der Waals surface area contributed by atoms with Crippen molar-refractivity contribution in [2.24, 2.45) is 5.14 Å². The summed E-state index contributed by atoms with van der Waals surface area (Å²) < 4.78 is 46.2. The second-order valence-electron chi connectivity index (χ2n) is 2.72. The van der Waals surface area contributed by atoms with E-state index in [1.165, 1.54) is 6.92 Å². The second kappa shape index (κ2) is 3.58. The van der Waals surface area contributed by atoms with Crippen LogP contribution in [0.3, 0.4) is 0 Å². The Morgan fingerprint density at radius 2 is 2.07 bits per heavy atom. The molecule has 7 heteroatoms. The lowest BCUT2D eigenvalue weighted by molar-refractivity contribution is 0.145. The van der Waals surface area contributed by atoms with Crippen molar-refractivity contribution in [1.29, 1.82) is 0 Å². The largest absolute Gasteiger partial charge is 0.280 e. The topological polar surface area (TPSA) is 73.0 Å². The van der Waals surface area contributed by atoms with E-state index in [0.717, 1.165) is 12.3 Å². The quantitative estimate of drug-likeness (QED) is 0.810. The predicted molar refractivity (Wildman–Crippen MR) is 45.3 cm³/mol. The van der Waals surface area contributed by atoms with Crippen molar-refractivity contribution < 1.29 is 17.2 Å². The summed E-state index contributed by atoms with van der Waals surface area (Å²) in [5, 5.41) is 4.83. The zero-order chi connectivity index (χ0) is 10.9. The molecule has 0 radical (unpaired) electrons. The molecule has 1 rings (SSSR count). The van der Waals surface area contributed by atoms with E-state index in [0.29, 0.717) is 0 Å². The zero-order valence-electron chi connectivity index (χ0n) is 7.24. The summed E-state index contributed by atoms with van der Waals surface area (Å²) in [6, 6.07) is 0.787. The Bertz CT molecular complexity index is 445. The molecule has 0 fully saturated rings. The number of hydrogen-bond acceptors (Lipinski definition) is 3. The van der Waals surface area contributed by atoms with E-state index >= 15 is 0 Å². The molecule has 1 aromatic rings. The normalized spacial score (nSPS) is 12.1. The number of hydrogen-bond donors (Lipinski definition) is 1. The van der Waals surface area contributed by atoms with Gasteiger partial charge in [-0.25, -0.2) is 22.3 Å². The molecule has 0 saturated carbocycles. The maximum absolute atomic E-state index is 12.2. The fraction of sp³-hybridized carbons (Fsp3) is 0.286. The van der Waals surface area contributed by atoms with Gasteiger partial charge in [-0.1, -0.05) is 0 Å². The van der Waals surface area contributed by atoms with Crippen molar-refractivity contribution in [3.05, 3.63) is 23.5 Å². The summed E-state index contributed by atoms with van der Waals surface area (Å²) in [4.78, 5) is 3.07. The molecule has 0 unspecified atom stereocenters. The van der Waals surface area contributed by atoms with Gasteiger partial charge in [0.05, 0.1) is 4.90 Å². The number of nitrogens with two attached hydrogens (primary N) is 1. The van der Waals surface area contributed by atoms with Gasteiger partial charge in [0.2, 0.25) is 10.0 Å². The molecule has 4 nitrogen and oxygen atoms in total. The highest BCUT2D eigenvalue weighted by molar-refractivity contribution is 7.89. The molecule has 1 aromatic heterocycles. The van der Waals surface area contributed by atoms with Gasteiger partial charge in [-0.3, -0.25) is 4.98 Å². The van der Waals surface area contributed by atoms with Crippen LogP contribution in [0.15, 0.2) is 17.2 Å². The Morgan fingerprint density at radius 1 is 1.50 bits per heavy atom. The highest BCUT2D eigenvalue weighted by atomic mass is 32.2. The van der Waals surface area contributed by atoms with E-state index in [1.807, 2.05) is 0 Å². The van der Waals surface area contributed by atoms with Crippen LogP contribution in [-0.4, -0.2) is 13.4 Å². The molecule has 2 N–H and O–H groups in total. The summed E-state index contributed by atoms with van der Waals surface area (Å²) in [6.07, 6.45) is -1.75. The molecule has 0 aliphatic heterocycles. The summed E-state index contributed by atoms with van der Waals surface area (Å²) in [5.74, 6) is 0. The number of aromatic nitrogens is 1. The third kappa shape index (κ3) is 2.24. The number of primary sulfonamides is 1. The van der Waals surface area contributed by atoms with Crippen molar-refractivity contribution in [2.45, 2.75) is 18.2 Å². The number of aryl methyl sites for hydroxylation is 1. The first-order valence-corrected chi connectivity index (χ1v) is 5.14. The highest BCUT2D eigenvalue weighted by Crippen LogP contribution is 2.20. The molecule has 14 heavy (non-hydrogen) atoms. The van der Waals surface area contributed by atoms with Gasteiger partial charge in [0.25, 0.3) is 6.43 Å². The summed E-state index contributed by atoms with van der Waals surface area (Å²) in [5.41, 5.74) is -0.350. The SMILES string of the molecule is Cc1cnc(C(F)F)cc1S(N)(=O)=O. The standard InChI is InChI=1S/C7H8F2N2O2S/c1-4-3-11-5(7(8)9)2-6(4)14(10,12)13/h2-3,7H,1H3,(H2,10,12,13). The average Bonchev–Trinajstić information content (AvgIpc) is 2.02. The minimum atomic E-state index is -3.96. The Labute approximate surface area is 79.8 Å². The number of pyridine rings is 1. The van der Waals surface area contributed by atoms with E-state index in [9.17, 15) is 17.2 Å². The van der Waals surface area contributed by atoms with Gasteiger partial charge in [-0.2, -0.15) is 0 Å². The Hall–Kier alpha value is -1.08. The number of nitrogens with zero attached hydrogens (tertiary/aromatic N) is 1. The molecular weight excluding hydrogens is 214 g/mol. The Balaban J connectivity index is 3.37. The van der Waals surface area contributed by atoms with Crippen LogP contribution in [0.2, 0.25) is 0 Å². The maximum atomic E-state index is 12.2. The maximum Gasteiger partial charge on any atom is 0.280 e. The first-order chi connectivity index (χ1) is 6.32. The summed E-state index contributed by atoms with van der Waals surface area (Å²) in [6.45, 7) is 1.43. The van der Waals surface area contributed by atoms with Crippen LogP contribution in [-0.2, 0) is 10.0 Å². The lowest BCUT2D eigenvalue weighted by Gasteiger charge is -2.04. The Kier molecular flexibility index (Phi) is 2.81. The Morgan fingerprint density at radius 3 is 2.50 bits per heavy atom. The predicted octanol–water partition coefficient (Wildman–Crippen LogP) is 0.975. The molecule has 0 aliphatic rings. The molecule has 0 amide bonds. The van der Waals surface area contributed by atoms with Gasteiger partial charge in [0.15, 0.2) is 0 Å². The van der Waals surface area contributed by atoms with E-state index in [2.05, 4.69) is 4.98 Å². The molecule has 1 heterocycles. The van der Waals surface area contributed by atoms with E-state index in [-0.39, 0.29) is 10.5 Å². The van der Waals surface area contributed by atoms with Gasteiger partial charge >= 0.3 is 0 Å². The number of halogens is 2. The number of sulfonamides is 1. The molecule has 78 valence electrons. The monoisotopic (exact) mass is 222 g/mol. The van der Waals surface area contributed by atoms with Crippen LogP contribution in [0, 0.1) is 6.92 Å². The van der Waals surface area contributed by atoms with E-state index in [4.69, 9.17) is 5.14 Å². The first-order valence-electron chi connectivity index (χ1n) is 3.60. The lowest BCUT2D eigenvalue weighted by atomic mass is 10.3. The fourth-order valence-electron chi connectivity index (χ4n) is 0.946. The first kappa shape index (κ1) is 11.0. The lowest BCUT2D eigenvalue weighted by Crippen LogP contribution is -2.14. The average molecular weight is 222 g/mol. The van der Waals surface area contributed by atoms with Crippen molar-refractivity contribution in [3.63, 3.8) is 0 Å². The van der Waals surface area contributed by atoms with Crippen LogP contribution in [0.5, 0.6) is 0 Å². The van der Waals surface area contributed by atoms with Gasteiger partial charge in [-0.15, -0.1) is 0 Å². The van der Waals surface area contributed by atoms with Crippen LogP contribution < -0.4 is 5.14 Å². The molecular formula is C7H8F2N2O2S. The van der Waals surface area contributed by atoms with Gasteiger partial charge in [0.1, 0.15) is 5.69 Å². The third-order valence-corrected chi connectivity index (χ3v) is 2.66. The number of rotatable bonds is 2.